The van der Waals surface area contributed by atoms with Gasteiger partial charge >= 0.3 is 6.18 Å². The molecule has 5 rings (SSSR count). The molecular formula is C29H35F3N6O4S. The number of carbonyl (C=O) groups is 1. The Hall–Kier alpha value is -3.46. The lowest BCUT2D eigenvalue weighted by atomic mass is 9.97. The Bertz CT molecular complexity index is 1580. The zero-order valence-electron chi connectivity index (χ0n) is 23.8. The molecule has 1 saturated heterocycles. The number of sulfonamides is 1. The molecule has 2 aromatic carbocycles. The second-order valence-corrected chi connectivity index (χ2v) is 13.1. The summed E-state index contributed by atoms with van der Waals surface area (Å²) >= 11 is 0. The number of anilines is 1. The van der Waals surface area contributed by atoms with E-state index in [1.54, 1.807) is 4.68 Å². The molecule has 3 heterocycles. The van der Waals surface area contributed by atoms with Crippen LogP contribution in [0.5, 0.6) is 0 Å². The van der Waals surface area contributed by atoms with Crippen LogP contribution < -0.4 is 11.1 Å². The largest absolute Gasteiger partial charge is 0.416 e. The van der Waals surface area contributed by atoms with Gasteiger partial charge < -0.3 is 21.1 Å². The molecule has 1 unspecified atom stereocenters. The quantitative estimate of drug-likeness (QED) is 0.314. The number of hydrogen-bond donors (Lipinski definition) is 3. The molecule has 10 nitrogen and oxygen atoms in total. The third-order valence-electron chi connectivity index (χ3n) is 7.92. The lowest BCUT2D eigenvalue weighted by molar-refractivity contribution is -0.138. The fraction of sp³-hybridized carbons (Fsp3) is 0.448. The number of aromatic nitrogens is 2. The third kappa shape index (κ3) is 7.20. The Morgan fingerprint density at radius 3 is 2.44 bits per heavy atom. The highest BCUT2D eigenvalue weighted by molar-refractivity contribution is 7.88. The summed E-state index contributed by atoms with van der Waals surface area (Å²) in [7, 11) is -3.54. The van der Waals surface area contributed by atoms with E-state index >= 15 is 0 Å². The number of benzene rings is 2. The van der Waals surface area contributed by atoms with Crippen LogP contribution in [0.15, 0.2) is 42.5 Å². The van der Waals surface area contributed by atoms with Gasteiger partial charge in [-0.15, -0.1) is 0 Å². The maximum atomic E-state index is 14.0. The number of likely N-dealkylation sites (tertiary alicyclic amines) is 1. The summed E-state index contributed by atoms with van der Waals surface area (Å²) in [6, 6.07) is 9.60. The fourth-order valence-corrected chi connectivity index (χ4v) is 6.52. The Kier molecular flexibility index (Phi) is 8.84. The van der Waals surface area contributed by atoms with Crippen molar-refractivity contribution in [2.45, 2.75) is 51.2 Å². The number of halogens is 3. The number of fused-ring (bicyclic) bond motifs is 1. The molecule has 3 aromatic rings. The molecule has 0 saturated carbocycles. The van der Waals surface area contributed by atoms with Crippen molar-refractivity contribution in [2.75, 3.05) is 38.2 Å². The van der Waals surface area contributed by atoms with Gasteiger partial charge in [0.2, 0.25) is 10.0 Å². The molecule has 0 bridgehead atoms. The Morgan fingerprint density at radius 2 is 1.79 bits per heavy atom. The highest BCUT2D eigenvalue weighted by atomic mass is 32.2. The van der Waals surface area contributed by atoms with Crippen molar-refractivity contribution >= 4 is 21.6 Å². The number of nitrogens with one attached hydrogen (secondary N) is 1. The lowest BCUT2D eigenvalue weighted by Gasteiger charge is -2.26. The molecule has 1 atom stereocenters. The first-order valence-corrected chi connectivity index (χ1v) is 15.9. The number of aliphatic hydroxyl groups excluding tert-OH is 1. The highest BCUT2D eigenvalue weighted by Gasteiger charge is 2.35. The van der Waals surface area contributed by atoms with E-state index in [1.165, 1.54) is 40.7 Å². The van der Waals surface area contributed by atoms with Gasteiger partial charge in [0.15, 0.2) is 0 Å². The average molecular weight is 621 g/mol. The van der Waals surface area contributed by atoms with Gasteiger partial charge in [0.05, 0.1) is 30.2 Å². The number of amides is 1. The van der Waals surface area contributed by atoms with Gasteiger partial charge in [-0.1, -0.05) is 6.07 Å². The molecular weight excluding hydrogens is 585 g/mol. The number of nitrogens with zero attached hydrogens (tertiary/aromatic N) is 4. The number of rotatable bonds is 9. The SMILES string of the molecule is CS(=O)(=O)N1CCc2c(c(-c3ccc(C(F)(F)F)c(CNC(=O)c4ccc(N)cc4)c3)nn2CC(O)CN2CCCC2)C1. The molecule has 43 heavy (non-hydrogen) atoms. The van der Waals surface area contributed by atoms with Crippen molar-refractivity contribution in [1.29, 1.82) is 0 Å². The summed E-state index contributed by atoms with van der Waals surface area (Å²) in [6.45, 7) is 2.29. The van der Waals surface area contributed by atoms with Gasteiger partial charge in [-0.3, -0.25) is 9.48 Å². The second kappa shape index (κ2) is 12.3. The molecule has 0 radical (unpaired) electrons. The number of hydrogen-bond acceptors (Lipinski definition) is 7. The lowest BCUT2D eigenvalue weighted by Crippen LogP contribution is -2.37. The maximum absolute atomic E-state index is 14.0. The van der Waals surface area contributed by atoms with Crippen LogP contribution in [-0.2, 0) is 42.3 Å². The zero-order chi connectivity index (χ0) is 30.9. The number of aliphatic hydroxyl groups is 1. The monoisotopic (exact) mass is 620 g/mol. The molecule has 2 aliphatic rings. The minimum Gasteiger partial charge on any atom is -0.399 e. The van der Waals surface area contributed by atoms with E-state index in [4.69, 9.17) is 10.8 Å². The van der Waals surface area contributed by atoms with Crippen molar-refractivity contribution in [3.8, 4) is 11.3 Å². The second-order valence-electron chi connectivity index (χ2n) is 11.1. The first kappa shape index (κ1) is 31.0. The Labute approximate surface area is 248 Å². The summed E-state index contributed by atoms with van der Waals surface area (Å²) in [5.41, 5.74) is 7.32. The van der Waals surface area contributed by atoms with Gasteiger partial charge in [-0.2, -0.15) is 22.6 Å². The normalized spacial score (nSPS) is 17.1. The Morgan fingerprint density at radius 1 is 1.09 bits per heavy atom. The average Bonchev–Trinajstić information content (AvgIpc) is 3.58. The van der Waals surface area contributed by atoms with Gasteiger partial charge in [0, 0.05) is 60.7 Å². The Balaban J connectivity index is 1.48. The van der Waals surface area contributed by atoms with Crippen molar-refractivity contribution in [3.05, 3.63) is 70.4 Å². The van der Waals surface area contributed by atoms with Crippen LogP contribution in [-0.4, -0.2) is 77.0 Å². The first-order valence-electron chi connectivity index (χ1n) is 14.1. The predicted octanol–water partition coefficient (Wildman–Crippen LogP) is 2.86. The van der Waals surface area contributed by atoms with Crippen LogP contribution in [0.3, 0.4) is 0 Å². The van der Waals surface area contributed by atoms with Crippen molar-refractivity contribution < 1.29 is 31.5 Å². The summed E-state index contributed by atoms with van der Waals surface area (Å²) in [5, 5.41) is 18.1. The van der Waals surface area contributed by atoms with E-state index in [1.807, 2.05) is 0 Å². The first-order chi connectivity index (χ1) is 20.3. The van der Waals surface area contributed by atoms with E-state index < -0.39 is 40.3 Å². The molecule has 232 valence electrons. The number of nitrogen functional groups attached to an aromatic ring is 1. The summed E-state index contributed by atoms with van der Waals surface area (Å²) in [6.07, 6.45) is -1.79. The third-order valence-corrected chi connectivity index (χ3v) is 9.17. The molecule has 1 amide bonds. The zero-order valence-corrected chi connectivity index (χ0v) is 24.6. The van der Waals surface area contributed by atoms with Gasteiger partial charge in [-0.05, 0) is 67.9 Å². The summed E-state index contributed by atoms with van der Waals surface area (Å²) in [4.78, 5) is 14.8. The number of nitrogens with two attached hydrogens (primary N) is 1. The molecule has 1 aromatic heterocycles. The smallest absolute Gasteiger partial charge is 0.399 e. The summed E-state index contributed by atoms with van der Waals surface area (Å²) in [5.74, 6) is -0.559. The van der Waals surface area contributed by atoms with Crippen molar-refractivity contribution in [3.63, 3.8) is 0 Å². The summed E-state index contributed by atoms with van der Waals surface area (Å²) < 4.78 is 69.7. The van der Waals surface area contributed by atoms with E-state index in [0.717, 1.165) is 43.9 Å². The molecule has 1 fully saturated rings. The van der Waals surface area contributed by atoms with Crippen LogP contribution in [0.2, 0.25) is 0 Å². The maximum Gasteiger partial charge on any atom is 0.416 e. The van der Waals surface area contributed by atoms with E-state index in [2.05, 4.69) is 10.2 Å². The van der Waals surface area contributed by atoms with E-state index in [9.17, 15) is 31.5 Å². The standard InChI is InChI=1S/C29H35F3N6O4S/c1-43(41,42)37-13-10-26-24(18-37)27(35-38(26)17-23(39)16-36-11-2-3-12-36)20-6-9-25(29(30,31)32)21(14-20)15-34-28(40)19-4-7-22(33)8-5-19/h4-9,14,23,39H,2-3,10-13,15-18,33H2,1H3,(H,34,40). The highest BCUT2D eigenvalue weighted by Crippen LogP contribution is 2.37. The van der Waals surface area contributed by atoms with Gasteiger partial charge in [0.1, 0.15) is 0 Å². The van der Waals surface area contributed by atoms with Crippen LogP contribution in [0.25, 0.3) is 11.3 Å². The van der Waals surface area contributed by atoms with Gasteiger partial charge in [-0.25, -0.2) is 8.42 Å². The van der Waals surface area contributed by atoms with E-state index in [0.29, 0.717) is 35.5 Å². The van der Waals surface area contributed by atoms with Crippen LogP contribution >= 0.6 is 0 Å². The van der Waals surface area contributed by atoms with Crippen molar-refractivity contribution in [2.24, 2.45) is 0 Å². The molecule has 0 spiro atoms. The number of alkyl halides is 3. The van der Waals surface area contributed by atoms with Crippen molar-refractivity contribution in [1.82, 2.24) is 24.3 Å². The fourth-order valence-electron chi connectivity index (χ4n) is 5.73. The van der Waals surface area contributed by atoms with Gasteiger partial charge in [0.25, 0.3) is 5.91 Å². The van der Waals surface area contributed by atoms with E-state index in [-0.39, 0.29) is 30.8 Å². The molecule has 4 N–H and O–H groups in total. The minimum absolute atomic E-state index is 0.00987. The number of β-amino-alcohol motifs (C(OH)–C–C–N with tert-alkyl or cyclic N) is 1. The van der Waals surface area contributed by atoms with Crippen LogP contribution in [0, 0.1) is 0 Å². The number of carbonyl (C=O) groups excluding carboxylic acids is 1. The molecule has 0 aliphatic carbocycles. The minimum atomic E-state index is -4.68. The topological polar surface area (TPSA) is 134 Å². The molecule has 14 heteroatoms. The van der Waals surface area contributed by atoms with Crippen LogP contribution in [0.1, 0.15) is 45.6 Å². The molecule has 2 aliphatic heterocycles. The van der Waals surface area contributed by atoms with Crippen LogP contribution in [0.4, 0.5) is 18.9 Å². The predicted molar refractivity (Wildman–Crippen MR) is 155 cm³/mol.